The van der Waals surface area contributed by atoms with Gasteiger partial charge >= 0.3 is 0 Å². The van der Waals surface area contributed by atoms with Crippen molar-refractivity contribution in [2.75, 3.05) is 6.54 Å². The maximum absolute atomic E-state index is 12.0. The van der Waals surface area contributed by atoms with Crippen molar-refractivity contribution in [3.8, 4) is 0 Å². The lowest BCUT2D eigenvalue weighted by Gasteiger charge is -2.14. The Morgan fingerprint density at radius 1 is 1.40 bits per heavy atom. The standard InChI is InChI=1S/C14H22ClN3O2/c1-8(2)5-10(19)6-17-14(20)12-11(15)7-16-13(18-12)9(3)4/h7-10,19H,5-6H2,1-4H3,(H,17,20)/t10-/m0/s1. The van der Waals surface area contributed by atoms with E-state index in [9.17, 15) is 9.90 Å². The Labute approximate surface area is 124 Å². The van der Waals surface area contributed by atoms with Crippen molar-refractivity contribution in [1.82, 2.24) is 15.3 Å². The Kier molecular flexibility index (Phi) is 6.36. The van der Waals surface area contributed by atoms with Crippen LogP contribution in [0.1, 0.15) is 56.3 Å². The van der Waals surface area contributed by atoms with Crippen LogP contribution in [0.5, 0.6) is 0 Å². The maximum atomic E-state index is 12.0. The molecule has 0 aromatic carbocycles. The van der Waals surface area contributed by atoms with E-state index in [-0.39, 0.29) is 29.1 Å². The number of rotatable bonds is 6. The van der Waals surface area contributed by atoms with E-state index in [4.69, 9.17) is 11.6 Å². The second-order valence-electron chi connectivity index (χ2n) is 5.57. The normalized spacial score (nSPS) is 12.8. The second-order valence-corrected chi connectivity index (χ2v) is 5.98. The van der Waals surface area contributed by atoms with Gasteiger partial charge in [0.25, 0.3) is 5.91 Å². The van der Waals surface area contributed by atoms with Crippen LogP contribution in [-0.4, -0.2) is 33.6 Å². The Hall–Kier alpha value is -1.20. The molecule has 0 bridgehead atoms. The van der Waals surface area contributed by atoms with E-state index in [1.807, 2.05) is 27.7 Å². The Bertz CT molecular complexity index is 464. The number of nitrogens with one attached hydrogen (secondary N) is 1. The van der Waals surface area contributed by atoms with E-state index in [0.29, 0.717) is 18.2 Å². The molecule has 0 aliphatic heterocycles. The summed E-state index contributed by atoms with van der Waals surface area (Å²) < 4.78 is 0. The number of hydrogen-bond donors (Lipinski definition) is 2. The minimum Gasteiger partial charge on any atom is -0.391 e. The fourth-order valence-corrected chi connectivity index (χ4v) is 1.92. The third-order valence-corrected chi connectivity index (χ3v) is 3.01. The van der Waals surface area contributed by atoms with Gasteiger partial charge in [-0.1, -0.05) is 39.3 Å². The first kappa shape index (κ1) is 16.9. The molecule has 0 aliphatic carbocycles. The zero-order valence-corrected chi connectivity index (χ0v) is 13.1. The highest BCUT2D eigenvalue weighted by atomic mass is 35.5. The van der Waals surface area contributed by atoms with Crippen LogP contribution in [0, 0.1) is 5.92 Å². The summed E-state index contributed by atoms with van der Waals surface area (Å²) in [5.41, 5.74) is 0.155. The summed E-state index contributed by atoms with van der Waals surface area (Å²) in [7, 11) is 0. The first-order chi connectivity index (χ1) is 9.31. The van der Waals surface area contributed by atoms with Crippen LogP contribution in [0.25, 0.3) is 0 Å². The Morgan fingerprint density at radius 3 is 2.60 bits per heavy atom. The molecule has 1 amide bonds. The number of amides is 1. The maximum Gasteiger partial charge on any atom is 0.271 e. The van der Waals surface area contributed by atoms with Crippen molar-refractivity contribution < 1.29 is 9.90 Å². The van der Waals surface area contributed by atoms with Gasteiger partial charge in [0, 0.05) is 12.5 Å². The molecule has 1 atom stereocenters. The highest BCUT2D eigenvalue weighted by Crippen LogP contribution is 2.16. The molecule has 0 spiro atoms. The molecule has 0 aliphatic rings. The van der Waals surface area contributed by atoms with Crippen LogP contribution in [0.4, 0.5) is 0 Å². The van der Waals surface area contributed by atoms with Crippen LogP contribution >= 0.6 is 11.6 Å². The highest BCUT2D eigenvalue weighted by molar-refractivity contribution is 6.33. The third-order valence-electron chi connectivity index (χ3n) is 2.74. The molecule has 6 heteroatoms. The molecule has 0 saturated heterocycles. The van der Waals surface area contributed by atoms with Crippen LogP contribution in [0.2, 0.25) is 5.02 Å². The molecule has 0 unspecified atom stereocenters. The van der Waals surface area contributed by atoms with Gasteiger partial charge in [-0.3, -0.25) is 4.79 Å². The van der Waals surface area contributed by atoms with Gasteiger partial charge in [0.15, 0.2) is 0 Å². The van der Waals surface area contributed by atoms with Gasteiger partial charge in [0.1, 0.15) is 11.5 Å². The van der Waals surface area contributed by atoms with Gasteiger partial charge < -0.3 is 10.4 Å². The predicted octanol–water partition coefficient (Wildman–Crippen LogP) is 2.39. The van der Waals surface area contributed by atoms with E-state index in [2.05, 4.69) is 15.3 Å². The summed E-state index contributed by atoms with van der Waals surface area (Å²) in [6.45, 7) is 8.10. The van der Waals surface area contributed by atoms with Crippen molar-refractivity contribution in [3.05, 3.63) is 22.7 Å². The minimum atomic E-state index is -0.566. The monoisotopic (exact) mass is 299 g/mol. The zero-order chi connectivity index (χ0) is 15.3. The SMILES string of the molecule is CC(C)C[C@H](O)CNC(=O)c1nc(C(C)C)ncc1Cl. The van der Waals surface area contributed by atoms with Crippen molar-refractivity contribution in [2.24, 2.45) is 5.92 Å². The molecule has 1 aromatic rings. The van der Waals surface area contributed by atoms with Gasteiger partial charge in [0.05, 0.1) is 17.3 Å². The molecule has 0 saturated carbocycles. The van der Waals surface area contributed by atoms with E-state index in [1.54, 1.807) is 0 Å². The van der Waals surface area contributed by atoms with Crippen LogP contribution in [0.15, 0.2) is 6.20 Å². The molecule has 1 rings (SSSR count). The van der Waals surface area contributed by atoms with Crippen LogP contribution in [0.3, 0.4) is 0 Å². The lowest BCUT2D eigenvalue weighted by Crippen LogP contribution is -2.33. The highest BCUT2D eigenvalue weighted by Gasteiger charge is 2.16. The molecule has 112 valence electrons. The molecular weight excluding hydrogens is 278 g/mol. The number of halogens is 1. The molecule has 5 nitrogen and oxygen atoms in total. The summed E-state index contributed by atoms with van der Waals surface area (Å²) in [6, 6.07) is 0. The van der Waals surface area contributed by atoms with E-state index >= 15 is 0 Å². The van der Waals surface area contributed by atoms with E-state index in [0.717, 1.165) is 0 Å². The molecule has 1 aromatic heterocycles. The first-order valence-corrected chi connectivity index (χ1v) is 7.17. The topological polar surface area (TPSA) is 75.1 Å². The average Bonchev–Trinajstić information content (AvgIpc) is 2.35. The van der Waals surface area contributed by atoms with Crippen molar-refractivity contribution >= 4 is 17.5 Å². The number of aliphatic hydroxyl groups is 1. The van der Waals surface area contributed by atoms with Crippen molar-refractivity contribution in [2.45, 2.75) is 46.1 Å². The van der Waals surface area contributed by atoms with Gasteiger partial charge in [-0.2, -0.15) is 0 Å². The largest absolute Gasteiger partial charge is 0.391 e. The second kappa shape index (κ2) is 7.55. The zero-order valence-electron chi connectivity index (χ0n) is 12.4. The summed E-state index contributed by atoms with van der Waals surface area (Å²) in [5.74, 6) is 0.673. The Morgan fingerprint density at radius 2 is 2.05 bits per heavy atom. The van der Waals surface area contributed by atoms with Crippen LogP contribution < -0.4 is 5.32 Å². The fraction of sp³-hybridized carbons (Fsp3) is 0.643. The minimum absolute atomic E-state index is 0.116. The molecule has 0 fully saturated rings. The van der Waals surface area contributed by atoms with Crippen LogP contribution in [-0.2, 0) is 0 Å². The first-order valence-electron chi connectivity index (χ1n) is 6.80. The fourth-order valence-electron chi connectivity index (χ4n) is 1.74. The number of aromatic nitrogens is 2. The Balaban J connectivity index is 2.70. The smallest absolute Gasteiger partial charge is 0.271 e. The molecular formula is C14H22ClN3O2. The lowest BCUT2D eigenvalue weighted by molar-refractivity contribution is 0.0895. The molecule has 20 heavy (non-hydrogen) atoms. The lowest BCUT2D eigenvalue weighted by atomic mass is 10.1. The van der Waals surface area contributed by atoms with Gasteiger partial charge in [-0.15, -0.1) is 0 Å². The summed E-state index contributed by atoms with van der Waals surface area (Å²) >= 11 is 5.95. The summed E-state index contributed by atoms with van der Waals surface area (Å²) in [6.07, 6.45) is 1.50. The summed E-state index contributed by atoms with van der Waals surface area (Å²) in [5, 5.41) is 12.6. The van der Waals surface area contributed by atoms with E-state index < -0.39 is 6.10 Å². The number of carbonyl (C=O) groups is 1. The third kappa shape index (κ3) is 5.06. The van der Waals surface area contributed by atoms with Crippen molar-refractivity contribution in [3.63, 3.8) is 0 Å². The number of nitrogens with zero attached hydrogens (tertiary/aromatic N) is 2. The van der Waals surface area contributed by atoms with Gasteiger partial charge in [0.2, 0.25) is 0 Å². The van der Waals surface area contributed by atoms with E-state index in [1.165, 1.54) is 6.20 Å². The van der Waals surface area contributed by atoms with Gasteiger partial charge in [-0.05, 0) is 12.3 Å². The quantitative estimate of drug-likeness (QED) is 0.846. The average molecular weight is 300 g/mol. The predicted molar refractivity (Wildman–Crippen MR) is 78.9 cm³/mol. The molecule has 2 N–H and O–H groups in total. The summed E-state index contributed by atoms with van der Waals surface area (Å²) in [4.78, 5) is 20.3. The van der Waals surface area contributed by atoms with Crippen molar-refractivity contribution in [1.29, 1.82) is 0 Å². The van der Waals surface area contributed by atoms with Gasteiger partial charge in [-0.25, -0.2) is 9.97 Å². The number of carbonyl (C=O) groups excluding carboxylic acids is 1. The number of hydrogen-bond acceptors (Lipinski definition) is 4. The molecule has 0 radical (unpaired) electrons. The molecule has 1 heterocycles. The number of aliphatic hydroxyl groups excluding tert-OH is 1.